The summed E-state index contributed by atoms with van der Waals surface area (Å²) >= 11 is 0. The third-order valence-corrected chi connectivity index (χ3v) is 6.92. The fourth-order valence-electron chi connectivity index (χ4n) is 4.73. The maximum atomic E-state index is 12.7. The number of fused-ring (bicyclic) bond motifs is 1. The monoisotopic (exact) mass is 434 g/mol. The topological polar surface area (TPSA) is 60.3 Å². The van der Waals surface area contributed by atoms with Gasteiger partial charge in [-0.2, -0.15) is 0 Å². The number of carbonyl (C=O) groups excluding carboxylic acids is 1. The number of hydrogen-bond acceptors (Lipinski definition) is 4. The molecule has 0 radical (unpaired) electrons. The first kappa shape index (κ1) is 22.3. The van der Waals surface area contributed by atoms with Crippen molar-refractivity contribution in [3.05, 3.63) is 53.5 Å². The second-order valence-corrected chi connectivity index (χ2v) is 8.82. The van der Waals surface area contributed by atoms with Crippen molar-refractivity contribution in [2.24, 2.45) is 5.92 Å². The van der Waals surface area contributed by atoms with Crippen molar-refractivity contribution in [1.82, 2.24) is 19.4 Å². The van der Waals surface area contributed by atoms with Crippen LogP contribution in [0.5, 0.6) is 5.88 Å². The quantitative estimate of drug-likeness (QED) is 0.531. The van der Waals surface area contributed by atoms with Gasteiger partial charge >= 0.3 is 0 Å². The van der Waals surface area contributed by atoms with Crippen LogP contribution in [0.25, 0.3) is 11.0 Å². The zero-order valence-corrected chi connectivity index (χ0v) is 19.7. The summed E-state index contributed by atoms with van der Waals surface area (Å²) in [7, 11) is 0. The number of benzene rings is 1. The number of aryl methyl sites for hydroxylation is 1. The minimum atomic E-state index is 0.0658. The zero-order valence-electron chi connectivity index (χ0n) is 19.7. The van der Waals surface area contributed by atoms with E-state index < -0.39 is 0 Å². The first-order valence-electron chi connectivity index (χ1n) is 11.8. The van der Waals surface area contributed by atoms with E-state index in [9.17, 15) is 4.79 Å². The average molecular weight is 435 g/mol. The predicted molar refractivity (Wildman–Crippen MR) is 127 cm³/mol. The van der Waals surface area contributed by atoms with E-state index in [1.165, 1.54) is 11.3 Å². The van der Waals surface area contributed by atoms with E-state index in [-0.39, 0.29) is 12.0 Å². The van der Waals surface area contributed by atoms with Crippen LogP contribution >= 0.6 is 0 Å². The number of carbonyl (C=O) groups is 1. The van der Waals surface area contributed by atoms with Crippen LogP contribution in [0.15, 0.2) is 36.7 Å². The van der Waals surface area contributed by atoms with Crippen LogP contribution in [0.3, 0.4) is 0 Å². The van der Waals surface area contributed by atoms with Gasteiger partial charge in [0.15, 0.2) is 0 Å². The van der Waals surface area contributed by atoms with Gasteiger partial charge in [0.1, 0.15) is 18.1 Å². The standard InChI is InChI=1S/C26H34N4O2/c1-5-21(6-2)26(31)29-14-12-22(13-15-29)32-25-23-18(3)19(4)30(24(23)27-17-28-25)16-20-10-8-7-9-11-20/h7-11,17,21-22H,5-6,12-16H2,1-4H3. The van der Waals surface area contributed by atoms with Crippen molar-refractivity contribution in [3.63, 3.8) is 0 Å². The molecule has 3 aromatic rings. The average Bonchev–Trinajstić information content (AvgIpc) is 3.06. The van der Waals surface area contributed by atoms with Gasteiger partial charge in [-0.05, 0) is 37.8 Å². The highest BCUT2D eigenvalue weighted by atomic mass is 16.5. The molecule has 1 aliphatic heterocycles. The molecule has 170 valence electrons. The van der Waals surface area contributed by atoms with Crippen molar-refractivity contribution < 1.29 is 9.53 Å². The van der Waals surface area contributed by atoms with E-state index in [1.807, 2.05) is 11.0 Å². The van der Waals surface area contributed by atoms with Crippen molar-refractivity contribution in [3.8, 4) is 5.88 Å². The lowest BCUT2D eigenvalue weighted by Crippen LogP contribution is -2.44. The molecule has 0 atom stereocenters. The molecular formula is C26H34N4O2. The van der Waals surface area contributed by atoms with Crippen LogP contribution in [0.1, 0.15) is 56.4 Å². The van der Waals surface area contributed by atoms with E-state index in [1.54, 1.807) is 6.33 Å². The summed E-state index contributed by atoms with van der Waals surface area (Å²) < 4.78 is 8.65. The van der Waals surface area contributed by atoms with Gasteiger partial charge in [-0.1, -0.05) is 44.2 Å². The highest BCUT2D eigenvalue weighted by Gasteiger charge is 2.28. The molecule has 3 heterocycles. The molecule has 1 saturated heterocycles. The Kier molecular flexibility index (Phi) is 6.77. The van der Waals surface area contributed by atoms with Crippen molar-refractivity contribution in [2.45, 2.75) is 66.0 Å². The molecule has 0 bridgehead atoms. The molecule has 0 unspecified atom stereocenters. The molecule has 0 saturated carbocycles. The van der Waals surface area contributed by atoms with Gasteiger partial charge in [-0.3, -0.25) is 4.79 Å². The van der Waals surface area contributed by atoms with Crippen LogP contribution < -0.4 is 4.74 Å². The maximum absolute atomic E-state index is 12.7. The van der Waals surface area contributed by atoms with E-state index in [0.29, 0.717) is 11.8 Å². The SMILES string of the molecule is CCC(CC)C(=O)N1CCC(Oc2ncnc3c2c(C)c(C)n3Cc2ccccc2)CC1. The molecule has 6 nitrogen and oxygen atoms in total. The number of aromatic nitrogens is 3. The second kappa shape index (κ2) is 9.72. The summed E-state index contributed by atoms with van der Waals surface area (Å²) in [5.41, 5.74) is 4.49. The van der Waals surface area contributed by atoms with Crippen LogP contribution in [0.2, 0.25) is 0 Å². The minimum absolute atomic E-state index is 0.0658. The van der Waals surface area contributed by atoms with Gasteiger partial charge in [0, 0.05) is 44.1 Å². The van der Waals surface area contributed by atoms with E-state index >= 15 is 0 Å². The number of piperidine rings is 1. The molecule has 1 fully saturated rings. The van der Waals surface area contributed by atoms with Crippen LogP contribution in [0, 0.1) is 19.8 Å². The smallest absolute Gasteiger partial charge is 0.226 e. The van der Waals surface area contributed by atoms with Crippen molar-refractivity contribution in [1.29, 1.82) is 0 Å². The molecule has 0 N–H and O–H groups in total. The maximum Gasteiger partial charge on any atom is 0.226 e. The lowest BCUT2D eigenvalue weighted by molar-refractivity contribution is -0.137. The Hall–Kier alpha value is -2.89. The lowest BCUT2D eigenvalue weighted by Gasteiger charge is -2.34. The number of rotatable bonds is 7. The first-order valence-corrected chi connectivity index (χ1v) is 11.8. The number of ether oxygens (including phenoxy) is 1. The van der Waals surface area contributed by atoms with Crippen LogP contribution in [0.4, 0.5) is 0 Å². The van der Waals surface area contributed by atoms with Crippen molar-refractivity contribution >= 4 is 16.9 Å². The van der Waals surface area contributed by atoms with Gasteiger partial charge in [0.2, 0.25) is 11.8 Å². The van der Waals surface area contributed by atoms with Crippen molar-refractivity contribution in [2.75, 3.05) is 13.1 Å². The van der Waals surface area contributed by atoms with E-state index in [2.05, 4.69) is 66.5 Å². The Morgan fingerprint density at radius 2 is 1.78 bits per heavy atom. The highest BCUT2D eigenvalue weighted by Crippen LogP contribution is 2.32. The Morgan fingerprint density at radius 1 is 1.09 bits per heavy atom. The highest BCUT2D eigenvalue weighted by molar-refractivity contribution is 5.86. The summed E-state index contributed by atoms with van der Waals surface area (Å²) in [6.07, 6.45) is 5.15. The Labute approximate surface area is 190 Å². The second-order valence-electron chi connectivity index (χ2n) is 8.82. The van der Waals surface area contributed by atoms with Crippen LogP contribution in [-0.4, -0.2) is 44.5 Å². The third kappa shape index (κ3) is 4.36. The van der Waals surface area contributed by atoms with Gasteiger partial charge in [-0.15, -0.1) is 0 Å². The molecule has 1 amide bonds. The third-order valence-electron chi connectivity index (χ3n) is 6.92. The van der Waals surface area contributed by atoms with Crippen LogP contribution in [-0.2, 0) is 11.3 Å². The summed E-state index contributed by atoms with van der Waals surface area (Å²) in [5.74, 6) is 1.10. The molecule has 0 spiro atoms. The van der Waals surface area contributed by atoms with Gasteiger partial charge in [-0.25, -0.2) is 9.97 Å². The van der Waals surface area contributed by atoms with E-state index in [4.69, 9.17) is 4.74 Å². The molecule has 0 aliphatic carbocycles. The predicted octanol–water partition coefficient (Wildman–Crippen LogP) is 4.90. The largest absolute Gasteiger partial charge is 0.474 e. The summed E-state index contributed by atoms with van der Waals surface area (Å²) in [6, 6.07) is 10.4. The Balaban J connectivity index is 1.51. The van der Waals surface area contributed by atoms with Gasteiger partial charge in [0.25, 0.3) is 0 Å². The summed E-state index contributed by atoms with van der Waals surface area (Å²) in [5, 5.41) is 0.997. The molecule has 2 aromatic heterocycles. The molecule has 32 heavy (non-hydrogen) atoms. The molecule has 1 aliphatic rings. The number of hydrogen-bond donors (Lipinski definition) is 0. The lowest BCUT2D eigenvalue weighted by atomic mass is 9.99. The van der Waals surface area contributed by atoms with Gasteiger partial charge < -0.3 is 14.2 Å². The summed E-state index contributed by atoms with van der Waals surface area (Å²) in [4.78, 5) is 23.8. The molecule has 1 aromatic carbocycles. The molecular weight excluding hydrogens is 400 g/mol. The normalized spacial score (nSPS) is 15.0. The number of amides is 1. The molecule has 4 rings (SSSR count). The minimum Gasteiger partial charge on any atom is -0.474 e. The molecule has 6 heteroatoms. The summed E-state index contributed by atoms with van der Waals surface area (Å²) in [6.45, 7) is 10.7. The Morgan fingerprint density at radius 3 is 2.44 bits per heavy atom. The number of nitrogens with zero attached hydrogens (tertiary/aromatic N) is 4. The van der Waals surface area contributed by atoms with Gasteiger partial charge in [0.05, 0.1) is 5.39 Å². The number of likely N-dealkylation sites (tertiary alicyclic amines) is 1. The first-order chi connectivity index (χ1) is 15.5. The Bertz CT molecular complexity index is 1060. The zero-order chi connectivity index (χ0) is 22.7. The fourth-order valence-corrected chi connectivity index (χ4v) is 4.73. The fraction of sp³-hybridized carbons (Fsp3) is 0.500. The van der Waals surface area contributed by atoms with E-state index in [0.717, 1.165) is 61.9 Å².